The van der Waals surface area contributed by atoms with E-state index in [0.29, 0.717) is 18.9 Å². The van der Waals surface area contributed by atoms with Crippen LogP contribution in [0.4, 0.5) is 5.69 Å². The minimum absolute atomic E-state index is 0.124. The molecule has 0 heterocycles. The predicted molar refractivity (Wildman–Crippen MR) is 85.7 cm³/mol. The van der Waals surface area contributed by atoms with Crippen molar-refractivity contribution in [3.63, 3.8) is 0 Å². The normalized spacial score (nSPS) is 13.8. The predicted octanol–water partition coefficient (Wildman–Crippen LogP) is 3.87. The molecule has 1 atom stereocenters. The van der Waals surface area contributed by atoms with E-state index in [0.717, 1.165) is 17.9 Å². The van der Waals surface area contributed by atoms with Crippen LogP contribution in [0.1, 0.15) is 40.5 Å². The van der Waals surface area contributed by atoms with Gasteiger partial charge in [0.2, 0.25) is 0 Å². The molecule has 0 saturated heterocycles. The van der Waals surface area contributed by atoms with Crippen molar-refractivity contribution in [3.8, 4) is 5.75 Å². The highest BCUT2D eigenvalue weighted by atomic mass is 16.5. The smallest absolute Gasteiger partial charge is 0.256 e. The Morgan fingerprint density at radius 1 is 1.29 bits per heavy atom. The Balaban J connectivity index is 2.68. The number of ether oxygens (including phenoxy) is 2. The quantitative estimate of drug-likeness (QED) is 0.791. The number of anilines is 1. The number of hydrogen-bond acceptors (Lipinski definition) is 3. The summed E-state index contributed by atoms with van der Waals surface area (Å²) in [5.74, 6) is 1.07. The van der Waals surface area contributed by atoms with Gasteiger partial charge in [-0.05, 0) is 49.9 Å². The first-order valence-corrected chi connectivity index (χ1v) is 7.50. The van der Waals surface area contributed by atoms with E-state index in [2.05, 4.69) is 26.1 Å². The zero-order valence-corrected chi connectivity index (χ0v) is 13.7. The van der Waals surface area contributed by atoms with Crippen molar-refractivity contribution >= 4 is 11.6 Å². The fraction of sp³-hybridized carbons (Fsp3) is 0.588. The lowest BCUT2D eigenvalue weighted by molar-refractivity contribution is -0.137. The number of carbonyl (C=O) groups is 1. The summed E-state index contributed by atoms with van der Waals surface area (Å²) in [6.45, 7) is 8.73. The number of amides is 1. The second kappa shape index (κ2) is 8.03. The van der Waals surface area contributed by atoms with E-state index in [1.807, 2.05) is 31.2 Å². The first-order chi connectivity index (χ1) is 9.91. The Labute approximate surface area is 127 Å². The van der Waals surface area contributed by atoms with Gasteiger partial charge in [0.15, 0.2) is 0 Å². The summed E-state index contributed by atoms with van der Waals surface area (Å²) >= 11 is 0. The van der Waals surface area contributed by atoms with Gasteiger partial charge in [0.1, 0.15) is 11.4 Å². The van der Waals surface area contributed by atoms with Crippen LogP contribution in [0, 0.1) is 5.92 Å². The van der Waals surface area contributed by atoms with Crippen molar-refractivity contribution in [2.45, 2.75) is 46.1 Å². The molecule has 0 radical (unpaired) electrons. The highest BCUT2D eigenvalue weighted by molar-refractivity contribution is 5.97. The largest absolute Gasteiger partial charge is 0.494 e. The minimum Gasteiger partial charge on any atom is -0.494 e. The number of hydrogen-bond donors (Lipinski definition) is 1. The average molecular weight is 293 g/mol. The number of methoxy groups -OCH3 is 1. The molecule has 0 bridgehead atoms. The van der Waals surface area contributed by atoms with E-state index in [1.54, 1.807) is 7.11 Å². The van der Waals surface area contributed by atoms with E-state index in [1.165, 1.54) is 0 Å². The Morgan fingerprint density at radius 2 is 1.90 bits per heavy atom. The van der Waals surface area contributed by atoms with Crippen molar-refractivity contribution in [2.75, 3.05) is 19.0 Å². The number of benzene rings is 1. The van der Waals surface area contributed by atoms with E-state index < -0.39 is 5.60 Å². The molecular formula is C17H27NO3. The van der Waals surface area contributed by atoms with Gasteiger partial charge >= 0.3 is 0 Å². The fourth-order valence-electron chi connectivity index (χ4n) is 2.17. The Hall–Kier alpha value is -1.55. The Kier molecular flexibility index (Phi) is 6.69. The molecule has 0 aliphatic carbocycles. The molecule has 4 nitrogen and oxygen atoms in total. The van der Waals surface area contributed by atoms with Gasteiger partial charge in [-0.3, -0.25) is 4.79 Å². The monoisotopic (exact) mass is 293 g/mol. The third-order valence-electron chi connectivity index (χ3n) is 3.31. The minimum atomic E-state index is -0.814. The van der Waals surface area contributed by atoms with Gasteiger partial charge in [-0.25, -0.2) is 0 Å². The molecule has 0 saturated carbocycles. The maximum absolute atomic E-state index is 12.4. The van der Waals surface area contributed by atoms with Gasteiger partial charge in [0, 0.05) is 12.8 Å². The van der Waals surface area contributed by atoms with Crippen LogP contribution < -0.4 is 10.1 Å². The molecule has 0 aromatic heterocycles. The van der Waals surface area contributed by atoms with E-state index in [9.17, 15) is 4.79 Å². The van der Waals surface area contributed by atoms with Gasteiger partial charge in [0.05, 0.1) is 6.61 Å². The first kappa shape index (κ1) is 17.5. The Bertz CT molecular complexity index is 442. The average Bonchev–Trinajstić information content (AvgIpc) is 2.45. The van der Waals surface area contributed by atoms with E-state index in [-0.39, 0.29) is 5.91 Å². The highest BCUT2D eigenvalue weighted by Gasteiger charge is 2.33. The fourth-order valence-corrected chi connectivity index (χ4v) is 2.17. The second-order valence-corrected chi connectivity index (χ2v) is 5.86. The first-order valence-electron chi connectivity index (χ1n) is 7.50. The molecule has 1 rings (SSSR count). The highest BCUT2D eigenvalue weighted by Crippen LogP contribution is 2.23. The van der Waals surface area contributed by atoms with Gasteiger partial charge in [-0.1, -0.05) is 20.8 Å². The van der Waals surface area contributed by atoms with Crippen LogP contribution in [0.5, 0.6) is 5.75 Å². The molecule has 1 unspecified atom stereocenters. The maximum Gasteiger partial charge on any atom is 0.256 e. The lowest BCUT2D eigenvalue weighted by atomic mass is 9.93. The molecule has 1 amide bonds. The van der Waals surface area contributed by atoms with Crippen molar-refractivity contribution < 1.29 is 14.3 Å². The van der Waals surface area contributed by atoms with Gasteiger partial charge in [-0.15, -0.1) is 0 Å². The van der Waals surface area contributed by atoms with E-state index >= 15 is 0 Å². The molecule has 0 aliphatic heterocycles. The van der Waals surface area contributed by atoms with Crippen molar-refractivity contribution in [2.24, 2.45) is 5.92 Å². The lowest BCUT2D eigenvalue weighted by Crippen LogP contribution is -2.43. The lowest BCUT2D eigenvalue weighted by Gasteiger charge is -2.28. The summed E-state index contributed by atoms with van der Waals surface area (Å²) in [7, 11) is 1.57. The van der Waals surface area contributed by atoms with Crippen LogP contribution in [0.3, 0.4) is 0 Å². The SMILES string of the molecule is CCCOc1ccc(NC(=O)C(C)(CC(C)C)OC)cc1. The van der Waals surface area contributed by atoms with E-state index in [4.69, 9.17) is 9.47 Å². The summed E-state index contributed by atoms with van der Waals surface area (Å²) in [5, 5.41) is 2.90. The molecule has 0 fully saturated rings. The van der Waals surface area contributed by atoms with Crippen molar-refractivity contribution in [1.29, 1.82) is 0 Å². The van der Waals surface area contributed by atoms with Gasteiger partial charge < -0.3 is 14.8 Å². The van der Waals surface area contributed by atoms with Crippen LogP contribution in [-0.2, 0) is 9.53 Å². The third kappa shape index (κ3) is 5.38. The summed E-state index contributed by atoms with van der Waals surface area (Å²) in [6, 6.07) is 7.40. The summed E-state index contributed by atoms with van der Waals surface area (Å²) in [5.41, 5.74) is -0.0678. The summed E-state index contributed by atoms with van der Waals surface area (Å²) in [6.07, 6.45) is 1.65. The molecule has 1 aromatic carbocycles. The van der Waals surface area contributed by atoms with Crippen LogP contribution in [0.25, 0.3) is 0 Å². The summed E-state index contributed by atoms with van der Waals surface area (Å²) < 4.78 is 10.9. The molecule has 0 aliphatic rings. The van der Waals surface area contributed by atoms with Crippen LogP contribution in [0.15, 0.2) is 24.3 Å². The zero-order valence-electron chi connectivity index (χ0n) is 13.7. The molecule has 0 spiro atoms. The van der Waals surface area contributed by atoms with Crippen molar-refractivity contribution in [1.82, 2.24) is 0 Å². The number of carbonyl (C=O) groups excluding carboxylic acids is 1. The zero-order chi connectivity index (χ0) is 15.9. The van der Waals surface area contributed by atoms with Gasteiger partial charge in [-0.2, -0.15) is 0 Å². The molecule has 21 heavy (non-hydrogen) atoms. The summed E-state index contributed by atoms with van der Waals surface area (Å²) in [4.78, 5) is 12.4. The Morgan fingerprint density at radius 3 is 2.38 bits per heavy atom. The number of rotatable bonds is 8. The molecule has 4 heteroatoms. The molecule has 1 N–H and O–H groups in total. The van der Waals surface area contributed by atoms with Gasteiger partial charge in [0.25, 0.3) is 5.91 Å². The molecule has 118 valence electrons. The standard InChI is InChI=1S/C17H27NO3/c1-6-11-21-15-9-7-14(8-10-15)18-16(19)17(4,20-5)12-13(2)3/h7-10,13H,6,11-12H2,1-5H3,(H,18,19). The molecule has 1 aromatic rings. The van der Waals surface area contributed by atoms with Crippen LogP contribution >= 0.6 is 0 Å². The maximum atomic E-state index is 12.4. The molecular weight excluding hydrogens is 266 g/mol. The van der Waals surface area contributed by atoms with Crippen molar-refractivity contribution in [3.05, 3.63) is 24.3 Å². The van der Waals surface area contributed by atoms with Crippen LogP contribution in [0.2, 0.25) is 0 Å². The topological polar surface area (TPSA) is 47.6 Å². The second-order valence-electron chi connectivity index (χ2n) is 5.86. The van der Waals surface area contributed by atoms with Crippen LogP contribution in [-0.4, -0.2) is 25.2 Å². The third-order valence-corrected chi connectivity index (χ3v) is 3.31. The number of nitrogens with one attached hydrogen (secondary N) is 1.